The summed E-state index contributed by atoms with van der Waals surface area (Å²) in [6.45, 7) is 8.89. The second kappa shape index (κ2) is 5.71. The quantitative estimate of drug-likeness (QED) is 0.823. The monoisotopic (exact) mass is 265 g/mol. The minimum Gasteiger partial charge on any atom is -0.310 e. The first-order valence-corrected chi connectivity index (χ1v) is 8.34. The van der Waals surface area contributed by atoms with E-state index >= 15 is 0 Å². The lowest BCUT2D eigenvalue weighted by atomic mass is 9.83. The molecular weight excluding hydrogens is 234 g/mol. The zero-order valence-electron chi connectivity index (χ0n) is 12.8. The van der Waals surface area contributed by atoms with Crippen LogP contribution in [-0.4, -0.2) is 61.2 Å². The maximum Gasteiger partial charge on any atom is 0.0280 e. The second-order valence-electron chi connectivity index (χ2n) is 7.42. The lowest BCUT2D eigenvalue weighted by molar-refractivity contribution is 0.0248. The van der Waals surface area contributed by atoms with E-state index in [2.05, 4.69) is 29.1 Å². The first-order valence-electron chi connectivity index (χ1n) is 8.34. The molecule has 0 spiro atoms. The number of fused-ring (bicyclic) bond motifs is 1. The van der Waals surface area contributed by atoms with Gasteiger partial charge < -0.3 is 15.1 Å². The zero-order valence-corrected chi connectivity index (χ0v) is 12.8. The molecule has 3 heterocycles. The average molecular weight is 265 g/mol. The van der Waals surface area contributed by atoms with Gasteiger partial charge >= 0.3 is 0 Å². The van der Waals surface area contributed by atoms with E-state index in [0.29, 0.717) is 5.54 Å². The lowest BCUT2D eigenvalue weighted by Crippen LogP contribution is -2.58. The van der Waals surface area contributed by atoms with Gasteiger partial charge in [0.15, 0.2) is 0 Å². The van der Waals surface area contributed by atoms with E-state index in [0.717, 1.165) is 12.0 Å². The van der Waals surface area contributed by atoms with Gasteiger partial charge in [-0.3, -0.25) is 0 Å². The number of piperidine rings is 3. The van der Waals surface area contributed by atoms with E-state index in [1.165, 1.54) is 71.2 Å². The molecule has 0 saturated carbocycles. The van der Waals surface area contributed by atoms with E-state index in [4.69, 9.17) is 0 Å². The Morgan fingerprint density at radius 3 is 2.84 bits per heavy atom. The number of likely N-dealkylation sites (tertiary alicyclic amines) is 2. The summed E-state index contributed by atoms with van der Waals surface area (Å²) in [7, 11) is 2.33. The van der Waals surface area contributed by atoms with Crippen LogP contribution in [0.3, 0.4) is 0 Å². The molecule has 3 unspecified atom stereocenters. The molecule has 3 atom stereocenters. The van der Waals surface area contributed by atoms with Crippen LogP contribution in [0.25, 0.3) is 0 Å². The van der Waals surface area contributed by atoms with Crippen LogP contribution in [0, 0.1) is 5.92 Å². The Hall–Kier alpha value is -0.120. The van der Waals surface area contributed by atoms with Crippen molar-refractivity contribution >= 4 is 0 Å². The van der Waals surface area contributed by atoms with E-state index in [1.54, 1.807) is 0 Å². The summed E-state index contributed by atoms with van der Waals surface area (Å²) in [5.74, 6) is 0.930. The van der Waals surface area contributed by atoms with Gasteiger partial charge in [-0.1, -0.05) is 6.42 Å². The molecule has 0 aromatic carbocycles. The number of rotatable bonds is 2. The largest absolute Gasteiger partial charge is 0.310 e. The molecule has 0 radical (unpaired) electrons. The molecule has 0 aliphatic carbocycles. The second-order valence-corrected chi connectivity index (χ2v) is 7.42. The number of hydrogen-bond acceptors (Lipinski definition) is 3. The summed E-state index contributed by atoms with van der Waals surface area (Å²) < 4.78 is 0. The van der Waals surface area contributed by atoms with Crippen LogP contribution in [-0.2, 0) is 0 Å². The Bertz CT molecular complexity index is 298. The fraction of sp³-hybridized carbons (Fsp3) is 1.00. The molecule has 3 fully saturated rings. The summed E-state index contributed by atoms with van der Waals surface area (Å²) in [6.07, 6.45) is 8.38. The third-order valence-electron chi connectivity index (χ3n) is 5.71. The topological polar surface area (TPSA) is 18.5 Å². The molecule has 3 rings (SSSR count). The van der Waals surface area contributed by atoms with Crippen molar-refractivity contribution in [3.05, 3.63) is 0 Å². The van der Waals surface area contributed by atoms with Crippen molar-refractivity contribution in [2.45, 2.75) is 57.0 Å². The summed E-state index contributed by atoms with van der Waals surface area (Å²) in [5.41, 5.74) is 0.381. The van der Waals surface area contributed by atoms with Crippen LogP contribution in [0.2, 0.25) is 0 Å². The molecule has 3 nitrogen and oxygen atoms in total. The van der Waals surface area contributed by atoms with Gasteiger partial charge in [0.1, 0.15) is 0 Å². The lowest BCUT2D eigenvalue weighted by Gasteiger charge is -2.48. The van der Waals surface area contributed by atoms with Gasteiger partial charge in [0.25, 0.3) is 0 Å². The Morgan fingerprint density at radius 2 is 2.05 bits per heavy atom. The van der Waals surface area contributed by atoms with Crippen molar-refractivity contribution in [1.82, 2.24) is 15.1 Å². The van der Waals surface area contributed by atoms with Gasteiger partial charge in [-0.15, -0.1) is 0 Å². The molecule has 0 bridgehead atoms. The third kappa shape index (κ3) is 3.14. The van der Waals surface area contributed by atoms with Gasteiger partial charge in [0.05, 0.1) is 0 Å². The molecular formula is C16H31N3. The van der Waals surface area contributed by atoms with Crippen molar-refractivity contribution in [1.29, 1.82) is 0 Å². The maximum absolute atomic E-state index is 3.77. The van der Waals surface area contributed by atoms with E-state index in [1.807, 2.05) is 0 Å². The first-order chi connectivity index (χ1) is 9.16. The Labute approximate surface area is 118 Å². The van der Waals surface area contributed by atoms with Gasteiger partial charge in [-0.25, -0.2) is 0 Å². The van der Waals surface area contributed by atoms with E-state index < -0.39 is 0 Å². The molecule has 3 heteroatoms. The molecule has 110 valence electrons. The summed E-state index contributed by atoms with van der Waals surface area (Å²) >= 11 is 0. The summed E-state index contributed by atoms with van der Waals surface area (Å²) in [5, 5.41) is 3.77. The van der Waals surface area contributed by atoms with Gasteiger partial charge in [0.2, 0.25) is 0 Å². The predicted octanol–water partition coefficient (Wildman–Crippen LogP) is 1.93. The molecule has 3 aliphatic heterocycles. The smallest absolute Gasteiger partial charge is 0.0280 e. The highest BCUT2D eigenvalue weighted by atomic mass is 15.2. The van der Waals surface area contributed by atoms with Crippen LogP contribution < -0.4 is 5.32 Å². The number of hydrogen-bond donors (Lipinski definition) is 1. The standard InChI is InChI=1S/C16H31N3/c1-16(8-3-4-9-17-16)13-19-11-7-15-14(12-19)6-5-10-18(15)2/h14-15,17H,3-13H2,1-2H3. The van der Waals surface area contributed by atoms with Crippen molar-refractivity contribution in [2.75, 3.05) is 39.8 Å². The van der Waals surface area contributed by atoms with Crippen LogP contribution in [0.5, 0.6) is 0 Å². The average Bonchev–Trinajstić information content (AvgIpc) is 2.39. The molecule has 0 aromatic heterocycles. The number of nitrogens with one attached hydrogen (secondary N) is 1. The predicted molar refractivity (Wildman–Crippen MR) is 80.5 cm³/mol. The highest BCUT2D eigenvalue weighted by molar-refractivity contribution is 4.94. The van der Waals surface area contributed by atoms with Crippen LogP contribution in [0.4, 0.5) is 0 Å². The van der Waals surface area contributed by atoms with Crippen molar-refractivity contribution in [2.24, 2.45) is 5.92 Å². The minimum atomic E-state index is 0.381. The highest BCUT2D eigenvalue weighted by Gasteiger charge is 2.36. The van der Waals surface area contributed by atoms with Crippen LogP contribution in [0.1, 0.15) is 45.4 Å². The summed E-state index contributed by atoms with van der Waals surface area (Å²) in [4.78, 5) is 5.37. The van der Waals surface area contributed by atoms with Crippen molar-refractivity contribution < 1.29 is 0 Å². The van der Waals surface area contributed by atoms with Crippen LogP contribution in [0.15, 0.2) is 0 Å². The molecule has 19 heavy (non-hydrogen) atoms. The minimum absolute atomic E-state index is 0.381. The molecule has 0 aromatic rings. The Morgan fingerprint density at radius 1 is 1.16 bits per heavy atom. The van der Waals surface area contributed by atoms with E-state index in [-0.39, 0.29) is 0 Å². The van der Waals surface area contributed by atoms with Gasteiger partial charge in [0, 0.05) is 24.7 Å². The van der Waals surface area contributed by atoms with E-state index in [9.17, 15) is 0 Å². The zero-order chi connectivity index (χ0) is 13.3. The highest BCUT2D eigenvalue weighted by Crippen LogP contribution is 2.31. The maximum atomic E-state index is 3.77. The molecule has 3 saturated heterocycles. The molecule has 1 N–H and O–H groups in total. The number of nitrogens with zero attached hydrogens (tertiary/aromatic N) is 2. The van der Waals surface area contributed by atoms with Crippen molar-refractivity contribution in [3.63, 3.8) is 0 Å². The molecule has 0 amide bonds. The van der Waals surface area contributed by atoms with Gasteiger partial charge in [-0.2, -0.15) is 0 Å². The Balaban J connectivity index is 1.55. The fourth-order valence-electron chi connectivity index (χ4n) is 4.62. The Kier molecular flexibility index (Phi) is 4.16. The summed E-state index contributed by atoms with van der Waals surface area (Å²) in [6, 6.07) is 0.872. The van der Waals surface area contributed by atoms with Crippen LogP contribution >= 0.6 is 0 Å². The third-order valence-corrected chi connectivity index (χ3v) is 5.71. The van der Waals surface area contributed by atoms with Gasteiger partial charge in [-0.05, 0) is 71.6 Å². The first kappa shape index (κ1) is 13.8. The fourth-order valence-corrected chi connectivity index (χ4v) is 4.62. The SMILES string of the molecule is CN1CCCC2CN(CC3(C)CCCCN3)CCC21. The normalized spacial score (nSPS) is 42.0. The van der Waals surface area contributed by atoms with Crippen molar-refractivity contribution in [3.8, 4) is 0 Å². The molecule has 3 aliphatic rings.